The molecule has 0 fully saturated rings. The third-order valence-corrected chi connectivity index (χ3v) is 1.99. The van der Waals surface area contributed by atoms with Crippen LogP contribution in [-0.4, -0.2) is 18.2 Å². The maximum Gasteiger partial charge on any atom is 0.416 e. The monoisotopic (exact) mass is 234 g/mol. The third-order valence-electron chi connectivity index (χ3n) is 1.99. The van der Waals surface area contributed by atoms with Gasteiger partial charge in [-0.25, -0.2) is 4.79 Å². The van der Waals surface area contributed by atoms with E-state index < -0.39 is 29.4 Å². The summed E-state index contributed by atoms with van der Waals surface area (Å²) in [5.41, 5.74) is -1.56. The third kappa shape index (κ3) is 2.52. The number of hydrogen-bond acceptors (Lipinski definition) is 3. The molecule has 0 heterocycles. The van der Waals surface area contributed by atoms with Crippen molar-refractivity contribution in [3.63, 3.8) is 0 Å². The Morgan fingerprint density at radius 2 is 1.94 bits per heavy atom. The molecule has 88 valence electrons. The number of ether oxygens (including phenoxy) is 1. The van der Waals surface area contributed by atoms with E-state index in [1.807, 2.05) is 0 Å². The van der Waals surface area contributed by atoms with E-state index in [1.165, 1.54) is 12.1 Å². The molecule has 6 heteroatoms. The topological polar surface area (TPSA) is 46.5 Å². The highest BCUT2D eigenvalue weighted by atomic mass is 19.4. The lowest BCUT2D eigenvalue weighted by molar-refractivity contribution is -0.152. The smallest absolute Gasteiger partial charge is 0.416 e. The Kier molecular flexibility index (Phi) is 3.54. The first-order chi connectivity index (χ1) is 7.38. The number of alkyl halides is 3. The van der Waals surface area contributed by atoms with Gasteiger partial charge in [0.1, 0.15) is 0 Å². The fourth-order valence-corrected chi connectivity index (χ4v) is 1.23. The molecule has 16 heavy (non-hydrogen) atoms. The van der Waals surface area contributed by atoms with E-state index in [2.05, 4.69) is 4.74 Å². The van der Waals surface area contributed by atoms with Crippen LogP contribution in [0, 0.1) is 0 Å². The number of aliphatic hydroxyl groups excluding tert-OH is 1. The highest BCUT2D eigenvalue weighted by molar-refractivity contribution is 5.76. The number of carbonyl (C=O) groups is 1. The zero-order valence-corrected chi connectivity index (χ0v) is 8.28. The van der Waals surface area contributed by atoms with Crippen molar-refractivity contribution < 1.29 is 27.8 Å². The van der Waals surface area contributed by atoms with Gasteiger partial charge in [-0.3, -0.25) is 0 Å². The fourth-order valence-electron chi connectivity index (χ4n) is 1.23. The van der Waals surface area contributed by atoms with Crippen LogP contribution in [0.4, 0.5) is 13.2 Å². The first-order valence-corrected chi connectivity index (χ1v) is 4.30. The summed E-state index contributed by atoms with van der Waals surface area (Å²) in [7, 11) is 0.988. The Morgan fingerprint density at radius 1 is 1.38 bits per heavy atom. The molecule has 1 rings (SSSR count). The lowest BCUT2D eigenvalue weighted by Crippen LogP contribution is -2.18. The number of aliphatic hydroxyl groups is 1. The summed E-state index contributed by atoms with van der Waals surface area (Å²) in [6, 6.07) is 4.30. The van der Waals surface area contributed by atoms with Crippen LogP contribution in [0.3, 0.4) is 0 Å². The molecular formula is C10H9F3O3. The zero-order chi connectivity index (χ0) is 12.3. The normalized spacial score (nSPS) is 13.3. The van der Waals surface area contributed by atoms with E-state index >= 15 is 0 Å². The van der Waals surface area contributed by atoms with Crippen LogP contribution in [0.25, 0.3) is 0 Å². The van der Waals surface area contributed by atoms with Gasteiger partial charge >= 0.3 is 12.1 Å². The number of benzene rings is 1. The van der Waals surface area contributed by atoms with Crippen molar-refractivity contribution in [3.8, 4) is 0 Å². The summed E-state index contributed by atoms with van der Waals surface area (Å²) >= 11 is 0. The van der Waals surface area contributed by atoms with Crippen LogP contribution in [0.15, 0.2) is 24.3 Å². The standard InChI is InChI=1S/C10H9F3O3/c1-16-9(15)8(14)6-4-2-3-5-7(6)10(11,12)13/h2-5,8,14H,1H3/t8-/m0/s1. The van der Waals surface area contributed by atoms with E-state index in [1.54, 1.807) is 0 Å². The summed E-state index contributed by atoms with van der Waals surface area (Å²) in [5, 5.41) is 9.36. The highest BCUT2D eigenvalue weighted by Gasteiger charge is 2.36. The molecule has 0 aliphatic heterocycles. The highest BCUT2D eigenvalue weighted by Crippen LogP contribution is 2.34. The van der Waals surface area contributed by atoms with Gasteiger partial charge in [0.2, 0.25) is 0 Å². The maximum absolute atomic E-state index is 12.5. The van der Waals surface area contributed by atoms with Crippen molar-refractivity contribution in [3.05, 3.63) is 35.4 Å². The van der Waals surface area contributed by atoms with Crippen LogP contribution in [-0.2, 0) is 15.7 Å². The Hall–Kier alpha value is -1.56. The Morgan fingerprint density at radius 3 is 2.44 bits per heavy atom. The Labute approximate surface area is 89.5 Å². The molecule has 0 radical (unpaired) electrons. The summed E-state index contributed by atoms with van der Waals surface area (Å²) in [5.74, 6) is -1.13. The molecule has 1 aromatic carbocycles. The molecule has 0 saturated heterocycles. The Bertz CT molecular complexity index is 387. The van der Waals surface area contributed by atoms with Gasteiger partial charge in [0.05, 0.1) is 12.7 Å². The lowest BCUT2D eigenvalue weighted by Gasteiger charge is -2.15. The van der Waals surface area contributed by atoms with Gasteiger partial charge in [0.25, 0.3) is 0 Å². The molecule has 0 amide bonds. The predicted octanol–water partition coefficient (Wildman–Crippen LogP) is 1.91. The van der Waals surface area contributed by atoms with E-state index in [9.17, 15) is 23.1 Å². The molecule has 0 bridgehead atoms. The van der Waals surface area contributed by atoms with Crippen molar-refractivity contribution in [1.29, 1.82) is 0 Å². The second-order valence-corrected chi connectivity index (χ2v) is 3.01. The number of halogens is 3. The summed E-state index contributed by atoms with van der Waals surface area (Å²) < 4.78 is 41.7. The molecule has 0 saturated carbocycles. The molecule has 0 spiro atoms. The average molecular weight is 234 g/mol. The minimum absolute atomic E-state index is 0.512. The largest absolute Gasteiger partial charge is 0.467 e. The number of rotatable bonds is 2. The van der Waals surface area contributed by atoms with Crippen LogP contribution >= 0.6 is 0 Å². The van der Waals surface area contributed by atoms with Gasteiger partial charge in [0, 0.05) is 5.56 Å². The molecule has 0 aliphatic carbocycles. The number of carbonyl (C=O) groups excluding carboxylic acids is 1. The van der Waals surface area contributed by atoms with Crippen molar-refractivity contribution >= 4 is 5.97 Å². The SMILES string of the molecule is COC(=O)[C@@H](O)c1ccccc1C(F)(F)F. The molecular weight excluding hydrogens is 225 g/mol. The minimum Gasteiger partial charge on any atom is -0.467 e. The second kappa shape index (κ2) is 4.52. The number of methoxy groups -OCH3 is 1. The first-order valence-electron chi connectivity index (χ1n) is 4.30. The average Bonchev–Trinajstić information content (AvgIpc) is 2.26. The first kappa shape index (κ1) is 12.5. The van der Waals surface area contributed by atoms with E-state index in [0.717, 1.165) is 19.2 Å². The van der Waals surface area contributed by atoms with Gasteiger partial charge in [-0.2, -0.15) is 13.2 Å². The maximum atomic E-state index is 12.5. The summed E-state index contributed by atoms with van der Waals surface area (Å²) in [6.45, 7) is 0. The molecule has 1 N–H and O–H groups in total. The predicted molar refractivity (Wildman–Crippen MR) is 48.4 cm³/mol. The van der Waals surface area contributed by atoms with Crippen LogP contribution in [0.2, 0.25) is 0 Å². The minimum atomic E-state index is -4.62. The van der Waals surface area contributed by atoms with Gasteiger partial charge in [-0.05, 0) is 6.07 Å². The van der Waals surface area contributed by atoms with Crippen molar-refractivity contribution in [1.82, 2.24) is 0 Å². The van der Waals surface area contributed by atoms with Crippen LogP contribution in [0.1, 0.15) is 17.2 Å². The van der Waals surface area contributed by atoms with E-state index in [-0.39, 0.29) is 0 Å². The molecule has 0 unspecified atom stereocenters. The van der Waals surface area contributed by atoms with Gasteiger partial charge in [-0.15, -0.1) is 0 Å². The number of esters is 1. The van der Waals surface area contributed by atoms with Crippen molar-refractivity contribution in [2.24, 2.45) is 0 Å². The summed E-state index contributed by atoms with van der Waals surface area (Å²) in [6.07, 6.45) is -6.55. The summed E-state index contributed by atoms with van der Waals surface area (Å²) in [4.78, 5) is 11.0. The molecule has 0 aromatic heterocycles. The zero-order valence-electron chi connectivity index (χ0n) is 8.28. The van der Waals surface area contributed by atoms with E-state index in [4.69, 9.17) is 0 Å². The quantitative estimate of drug-likeness (QED) is 0.795. The fraction of sp³-hybridized carbons (Fsp3) is 0.300. The van der Waals surface area contributed by atoms with Crippen LogP contribution in [0.5, 0.6) is 0 Å². The van der Waals surface area contributed by atoms with Crippen molar-refractivity contribution in [2.45, 2.75) is 12.3 Å². The molecule has 1 atom stereocenters. The van der Waals surface area contributed by atoms with Crippen LogP contribution < -0.4 is 0 Å². The number of hydrogen-bond donors (Lipinski definition) is 1. The molecule has 1 aromatic rings. The molecule has 0 aliphatic rings. The molecule has 3 nitrogen and oxygen atoms in total. The van der Waals surface area contributed by atoms with Crippen molar-refractivity contribution in [2.75, 3.05) is 7.11 Å². The lowest BCUT2D eigenvalue weighted by atomic mass is 10.0. The Balaban J connectivity index is 3.19. The van der Waals surface area contributed by atoms with Gasteiger partial charge in [0.15, 0.2) is 6.10 Å². The van der Waals surface area contributed by atoms with Gasteiger partial charge in [-0.1, -0.05) is 18.2 Å². The van der Waals surface area contributed by atoms with E-state index in [0.29, 0.717) is 0 Å². The van der Waals surface area contributed by atoms with Gasteiger partial charge < -0.3 is 9.84 Å². The second-order valence-electron chi connectivity index (χ2n) is 3.01.